The summed E-state index contributed by atoms with van der Waals surface area (Å²) in [5.41, 5.74) is 1.29. The second kappa shape index (κ2) is 6.94. The number of nitrogens with zero attached hydrogens (tertiary/aromatic N) is 2. The Bertz CT molecular complexity index is 545. The van der Waals surface area contributed by atoms with Gasteiger partial charge < -0.3 is 10.4 Å². The smallest absolute Gasteiger partial charge is 0.326 e. The maximum absolute atomic E-state index is 12.4. The molecule has 1 heterocycles. The highest BCUT2D eigenvalue weighted by Gasteiger charge is 2.27. The highest BCUT2D eigenvalue weighted by molar-refractivity contribution is 5.97. The van der Waals surface area contributed by atoms with Gasteiger partial charge in [-0.2, -0.15) is 5.10 Å². The molecule has 122 valence electrons. The van der Waals surface area contributed by atoms with Crippen molar-refractivity contribution >= 4 is 11.9 Å². The number of carbonyl (C=O) groups excluding carboxylic acids is 1. The van der Waals surface area contributed by atoms with Gasteiger partial charge in [-0.25, -0.2) is 4.79 Å². The molecule has 6 nitrogen and oxygen atoms in total. The van der Waals surface area contributed by atoms with Crippen molar-refractivity contribution in [3.05, 3.63) is 17.5 Å². The van der Waals surface area contributed by atoms with Crippen LogP contribution in [0.5, 0.6) is 0 Å². The molecule has 0 saturated heterocycles. The molecule has 1 saturated carbocycles. The van der Waals surface area contributed by atoms with E-state index < -0.39 is 12.0 Å². The number of carboxylic acid groups (broad SMARTS) is 1. The van der Waals surface area contributed by atoms with Crippen molar-refractivity contribution in [3.63, 3.8) is 0 Å². The van der Waals surface area contributed by atoms with Crippen molar-refractivity contribution in [1.29, 1.82) is 0 Å². The Morgan fingerprint density at radius 1 is 1.32 bits per heavy atom. The lowest BCUT2D eigenvalue weighted by molar-refractivity contribution is -0.140. The van der Waals surface area contributed by atoms with E-state index in [-0.39, 0.29) is 11.8 Å². The Morgan fingerprint density at radius 3 is 2.50 bits per heavy atom. The van der Waals surface area contributed by atoms with Crippen LogP contribution >= 0.6 is 0 Å². The summed E-state index contributed by atoms with van der Waals surface area (Å²) in [4.78, 5) is 23.6. The SMILES string of the molecule is Cc1c(C(=O)N[C@@H](C(=O)O)C(C)C)cnn1C1CCCCC1. The third-order valence-electron chi connectivity index (χ3n) is 4.43. The van der Waals surface area contributed by atoms with Crippen molar-refractivity contribution in [1.82, 2.24) is 15.1 Å². The highest BCUT2D eigenvalue weighted by atomic mass is 16.4. The van der Waals surface area contributed by atoms with E-state index in [1.807, 2.05) is 11.6 Å². The van der Waals surface area contributed by atoms with E-state index in [4.69, 9.17) is 0 Å². The summed E-state index contributed by atoms with van der Waals surface area (Å²) in [6.07, 6.45) is 7.39. The van der Waals surface area contributed by atoms with Crippen LogP contribution in [0.4, 0.5) is 0 Å². The molecule has 1 aromatic rings. The normalized spacial score (nSPS) is 17.5. The third-order valence-corrected chi connectivity index (χ3v) is 4.43. The quantitative estimate of drug-likeness (QED) is 0.875. The van der Waals surface area contributed by atoms with E-state index in [2.05, 4.69) is 10.4 Å². The van der Waals surface area contributed by atoms with Gasteiger partial charge >= 0.3 is 5.97 Å². The first-order valence-corrected chi connectivity index (χ1v) is 7.99. The molecule has 1 fully saturated rings. The molecule has 0 radical (unpaired) electrons. The molecule has 2 rings (SSSR count). The Labute approximate surface area is 130 Å². The molecule has 0 spiro atoms. The lowest BCUT2D eigenvalue weighted by atomic mass is 9.95. The van der Waals surface area contributed by atoms with Gasteiger partial charge in [0.15, 0.2) is 0 Å². The third kappa shape index (κ3) is 3.48. The fraction of sp³-hybridized carbons (Fsp3) is 0.688. The molecule has 1 aliphatic rings. The molecule has 0 unspecified atom stereocenters. The van der Waals surface area contributed by atoms with E-state index in [0.717, 1.165) is 18.5 Å². The lowest BCUT2D eigenvalue weighted by Crippen LogP contribution is -2.44. The first-order valence-electron chi connectivity index (χ1n) is 7.99. The number of carboxylic acids is 1. The molecule has 1 amide bonds. The molecule has 0 aromatic carbocycles. The Morgan fingerprint density at radius 2 is 1.95 bits per heavy atom. The Hall–Kier alpha value is -1.85. The number of hydrogen-bond acceptors (Lipinski definition) is 3. The Balaban J connectivity index is 2.13. The van der Waals surface area contributed by atoms with E-state index in [0.29, 0.717) is 11.6 Å². The molecular weight excluding hydrogens is 282 g/mol. The fourth-order valence-electron chi connectivity index (χ4n) is 3.07. The van der Waals surface area contributed by atoms with Crippen LogP contribution in [0.1, 0.15) is 68.0 Å². The highest BCUT2D eigenvalue weighted by Crippen LogP contribution is 2.29. The summed E-state index contributed by atoms with van der Waals surface area (Å²) in [6.45, 7) is 5.43. The lowest BCUT2D eigenvalue weighted by Gasteiger charge is -2.23. The van der Waals surface area contributed by atoms with Crippen LogP contribution in [0.2, 0.25) is 0 Å². The van der Waals surface area contributed by atoms with E-state index in [9.17, 15) is 14.7 Å². The standard InChI is InChI=1S/C16H25N3O3/c1-10(2)14(16(21)22)18-15(20)13-9-17-19(11(13)3)12-7-5-4-6-8-12/h9-10,12,14H,4-8H2,1-3H3,(H,18,20)(H,21,22)/t14-/m1/s1. The summed E-state index contributed by atoms with van der Waals surface area (Å²) in [5.74, 6) is -1.54. The molecular formula is C16H25N3O3. The van der Waals surface area contributed by atoms with Crippen LogP contribution < -0.4 is 5.32 Å². The minimum atomic E-state index is -1.01. The summed E-state index contributed by atoms with van der Waals surface area (Å²) in [5, 5.41) is 16.1. The summed E-state index contributed by atoms with van der Waals surface area (Å²) in [6, 6.07) is -0.527. The van der Waals surface area contributed by atoms with Crippen LogP contribution in [0.15, 0.2) is 6.20 Å². The van der Waals surface area contributed by atoms with Crippen LogP contribution in [0.25, 0.3) is 0 Å². The number of rotatable bonds is 5. The summed E-state index contributed by atoms with van der Waals surface area (Å²) in [7, 11) is 0. The van der Waals surface area contributed by atoms with Gasteiger partial charge in [0.1, 0.15) is 6.04 Å². The summed E-state index contributed by atoms with van der Waals surface area (Å²) >= 11 is 0. The maximum Gasteiger partial charge on any atom is 0.326 e. The number of nitrogens with one attached hydrogen (secondary N) is 1. The van der Waals surface area contributed by atoms with Crippen molar-refractivity contribution in [2.45, 2.75) is 65.0 Å². The van der Waals surface area contributed by atoms with Crippen molar-refractivity contribution in [2.75, 3.05) is 0 Å². The second-order valence-corrected chi connectivity index (χ2v) is 6.41. The van der Waals surface area contributed by atoms with Crippen LogP contribution in [0, 0.1) is 12.8 Å². The zero-order chi connectivity index (χ0) is 16.3. The van der Waals surface area contributed by atoms with E-state index >= 15 is 0 Å². The Kier molecular flexibility index (Phi) is 5.21. The average Bonchev–Trinajstić information content (AvgIpc) is 2.86. The monoisotopic (exact) mass is 307 g/mol. The predicted octanol–water partition coefficient (Wildman–Crippen LogP) is 2.54. The van der Waals surface area contributed by atoms with Crippen LogP contribution in [0.3, 0.4) is 0 Å². The fourth-order valence-corrected chi connectivity index (χ4v) is 3.07. The minimum absolute atomic E-state index is 0.171. The van der Waals surface area contributed by atoms with Gasteiger partial charge in [-0.05, 0) is 25.7 Å². The second-order valence-electron chi connectivity index (χ2n) is 6.41. The van der Waals surface area contributed by atoms with Crippen LogP contribution in [-0.2, 0) is 4.79 Å². The predicted molar refractivity (Wildman–Crippen MR) is 82.8 cm³/mol. The van der Waals surface area contributed by atoms with Gasteiger partial charge in [-0.3, -0.25) is 9.48 Å². The maximum atomic E-state index is 12.4. The zero-order valence-electron chi connectivity index (χ0n) is 13.5. The van der Waals surface area contributed by atoms with Crippen molar-refractivity contribution in [3.8, 4) is 0 Å². The number of amides is 1. The van der Waals surface area contributed by atoms with Gasteiger partial charge in [0, 0.05) is 5.69 Å². The first kappa shape index (κ1) is 16.5. The van der Waals surface area contributed by atoms with Gasteiger partial charge in [0.2, 0.25) is 0 Å². The minimum Gasteiger partial charge on any atom is -0.480 e. The van der Waals surface area contributed by atoms with E-state index in [1.165, 1.54) is 19.3 Å². The molecule has 0 aliphatic heterocycles. The summed E-state index contributed by atoms with van der Waals surface area (Å²) < 4.78 is 1.93. The molecule has 6 heteroatoms. The number of aliphatic carboxylic acids is 1. The van der Waals surface area contributed by atoms with Gasteiger partial charge in [-0.15, -0.1) is 0 Å². The number of carbonyl (C=O) groups is 2. The first-order chi connectivity index (χ1) is 10.4. The van der Waals surface area contributed by atoms with Crippen LogP contribution in [-0.4, -0.2) is 32.8 Å². The largest absolute Gasteiger partial charge is 0.480 e. The molecule has 1 aromatic heterocycles. The molecule has 2 N–H and O–H groups in total. The average molecular weight is 307 g/mol. The molecule has 22 heavy (non-hydrogen) atoms. The zero-order valence-corrected chi connectivity index (χ0v) is 13.5. The van der Waals surface area contributed by atoms with E-state index in [1.54, 1.807) is 20.0 Å². The van der Waals surface area contributed by atoms with Crippen molar-refractivity contribution < 1.29 is 14.7 Å². The number of aromatic nitrogens is 2. The van der Waals surface area contributed by atoms with Gasteiger partial charge in [0.25, 0.3) is 5.91 Å². The molecule has 1 atom stereocenters. The topological polar surface area (TPSA) is 84.2 Å². The number of hydrogen-bond donors (Lipinski definition) is 2. The van der Waals surface area contributed by atoms with Crippen molar-refractivity contribution in [2.24, 2.45) is 5.92 Å². The van der Waals surface area contributed by atoms with Gasteiger partial charge in [-0.1, -0.05) is 33.1 Å². The molecule has 1 aliphatic carbocycles. The van der Waals surface area contributed by atoms with Gasteiger partial charge in [0.05, 0.1) is 17.8 Å². The molecule has 0 bridgehead atoms.